The molecule has 17 heterocycles. The first-order valence-electron chi connectivity index (χ1n) is 41.1. The molecule has 0 unspecified atom stereocenters. The first-order chi connectivity index (χ1) is 58.6. The van der Waals surface area contributed by atoms with E-state index in [0.29, 0.717) is 125 Å². The molecule has 3 aromatic carbocycles. The van der Waals surface area contributed by atoms with Crippen LogP contribution in [0.15, 0.2) is 191 Å². The Hall–Kier alpha value is -13.6. The van der Waals surface area contributed by atoms with E-state index < -0.39 is 0 Å². The van der Waals surface area contributed by atoms with Gasteiger partial charge in [-0.2, -0.15) is 19.9 Å². The molecule has 120 heavy (non-hydrogen) atoms. The fourth-order valence-electron chi connectivity index (χ4n) is 16.7. The van der Waals surface area contributed by atoms with Crippen LogP contribution in [-0.4, -0.2) is 197 Å². The van der Waals surface area contributed by atoms with Crippen molar-refractivity contribution in [2.45, 2.75) is 96.1 Å². The summed E-state index contributed by atoms with van der Waals surface area (Å²) in [6.07, 6.45) is 30.0. The first kappa shape index (κ1) is 76.4. The van der Waals surface area contributed by atoms with Crippen LogP contribution in [-0.2, 0) is 49.5 Å². The van der Waals surface area contributed by atoms with Crippen molar-refractivity contribution >= 4 is 107 Å². The predicted molar refractivity (Wildman–Crippen MR) is 463 cm³/mol. The van der Waals surface area contributed by atoms with Gasteiger partial charge in [-0.3, -0.25) is 29.0 Å². The minimum Gasteiger partial charge on any atom is -0.488 e. The second-order valence-corrected chi connectivity index (χ2v) is 31.7. The Kier molecular flexibility index (Phi) is 20.6. The average Bonchev–Trinajstić information content (AvgIpc) is 1.56. The molecule has 1 spiro atoms. The minimum atomic E-state index is -0.220. The topological polar surface area (TPSA) is 304 Å². The van der Waals surface area contributed by atoms with Crippen LogP contribution < -0.4 is 56.6 Å². The molecule has 6 bridgehead atoms. The highest BCUT2D eigenvalue weighted by molar-refractivity contribution is 5.97. The monoisotopic (exact) mass is 1610 g/mol. The molecule has 11 aromatic heterocycles. The Morgan fingerprint density at radius 1 is 0.475 bits per heavy atom. The van der Waals surface area contributed by atoms with Gasteiger partial charge < -0.3 is 54.0 Å². The quantitative estimate of drug-likeness (QED) is 0.0957. The number of fused-ring (bicyclic) bond motifs is 20. The molecule has 7 aliphatic rings. The molecule has 6 aliphatic heterocycles. The molecule has 1 aliphatic carbocycles. The van der Waals surface area contributed by atoms with Crippen LogP contribution in [0.25, 0.3) is 72.4 Å². The molecule has 32 nitrogen and oxygen atoms in total. The summed E-state index contributed by atoms with van der Waals surface area (Å²) in [6.45, 7) is 9.46. The second kappa shape index (κ2) is 32.4. The standard InChI is InChI=1S/C30H31N9O3.C30H33N9O2.C28H29N7O2/c1-35(2)15-16-36-14-11-20-17-21(7-8-23(20)36)32-30-31-18-22-27(34-30)39-25-10-9-24-28(33-25)37(26(40)19-42-24)12-5-3-4-6-13-38(39)29(22)41;1-35(2)15-16-36-14-11-21-19-22(7-8-24(21)36)32-30-31-20-23-27(34-30)39-26-10-9-25-28(33-26)37(17-18-41-25)12-5-3-4-6-13-38(39)29(23)40;1-33-15-11-19-9-10-20(17-22(19)28(33)12-13-28)30-27-29-18-21-25(32-27)35-23-7-6-8-24(31-23)37-16-5-3-2-4-14-34(35)26(21)36/h4,6-11,14,17-18H,3,5,12-13,15-16,19H2,1-2H3,(H,31,32,34);4,6-11,14,19-20H,3,5,12-13,15-18H2,1-2H3,(H,31,32,34);2,4,6-10,17-18H,3,5,11-16H2,1H3,(H,29,30,32). The van der Waals surface area contributed by atoms with Crippen molar-refractivity contribution in [3.63, 3.8) is 0 Å². The Morgan fingerprint density at radius 2 is 0.983 bits per heavy atom. The number of carbonyl (C=O) groups excluding carboxylic acids is 1. The van der Waals surface area contributed by atoms with Gasteiger partial charge in [-0.25, -0.2) is 53.0 Å². The summed E-state index contributed by atoms with van der Waals surface area (Å²) in [5.41, 5.74) is 8.92. The van der Waals surface area contributed by atoms with E-state index in [1.54, 1.807) is 63.7 Å². The molecule has 32 heteroatoms. The summed E-state index contributed by atoms with van der Waals surface area (Å²) in [4.78, 5) is 106. The summed E-state index contributed by atoms with van der Waals surface area (Å²) in [6, 6.07) is 36.1. The lowest BCUT2D eigenvalue weighted by atomic mass is 9.90. The SMILES string of the molecule is CN(C)CCn1ccc2cc(Nc3ncc4c(=O)n5n(c4n3)-c3ccc4c(n3)N(CCCC=CC5)C(=O)CO4)ccc21.CN(C)CCn1ccc2cc(Nc3ncc4c(=O)n5n(c4n3)-c3ccc4c(n3)N(CCCC=CC5)CCO4)ccc21.CN1CCc2ccc(Nc3ncc4c(=O)n5n(c4n3)-c3cccc(n3)OCCCC=CC5)cc2C12CC2. The minimum absolute atomic E-state index is 0.0180. The molecular weight excluding hydrogens is 1520 g/mol. The number of allylic oxidation sites excluding steroid dienone is 6. The van der Waals surface area contributed by atoms with E-state index in [0.717, 1.165) is 136 Å². The number of pyridine rings is 3. The van der Waals surface area contributed by atoms with Gasteiger partial charge in [-0.05, 0) is 195 Å². The smallest absolute Gasteiger partial charge is 0.278 e. The van der Waals surface area contributed by atoms with E-state index in [9.17, 15) is 19.2 Å². The highest BCUT2D eigenvalue weighted by Crippen LogP contribution is 2.54. The van der Waals surface area contributed by atoms with Crippen molar-refractivity contribution in [1.29, 1.82) is 0 Å². The van der Waals surface area contributed by atoms with Crippen molar-refractivity contribution in [2.75, 3.05) is 120 Å². The first-order valence-corrected chi connectivity index (χ1v) is 41.1. The third kappa shape index (κ3) is 14.9. The molecule has 0 atom stereocenters. The number of amides is 1. The fraction of sp³-hybridized carbons (Fsp3) is 0.330. The fourth-order valence-corrected chi connectivity index (χ4v) is 16.7. The van der Waals surface area contributed by atoms with Crippen molar-refractivity contribution < 1.29 is 19.0 Å². The highest BCUT2D eigenvalue weighted by Gasteiger charge is 2.50. The molecule has 0 saturated heterocycles. The largest absolute Gasteiger partial charge is 0.488 e. The number of carbonyl (C=O) groups is 1. The number of nitrogens with zero attached hydrogens (tertiary/aromatic N) is 22. The van der Waals surface area contributed by atoms with Gasteiger partial charge in [0, 0.05) is 127 Å². The van der Waals surface area contributed by atoms with Crippen LogP contribution in [0.4, 0.5) is 46.5 Å². The van der Waals surface area contributed by atoms with Gasteiger partial charge in [-0.1, -0.05) is 48.6 Å². The zero-order valence-electron chi connectivity index (χ0n) is 67.7. The number of aromatic nitrogens is 17. The number of hydrogen-bond acceptors (Lipinski definition) is 23. The molecule has 1 saturated carbocycles. The Morgan fingerprint density at radius 3 is 1.53 bits per heavy atom. The molecule has 14 aromatic rings. The molecule has 1 fully saturated rings. The lowest BCUT2D eigenvalue weighted by molar-refractivity contribution is -0.121. The maximum atomic E-state index is 13.5. The molecule has 21 rings (SSSR count). The van der Waals surface area contributed by atoms with Crippen LogP contribution in [0, 0.1) is 0 Å². The molecule has 1 amide bonds. The summed E-state index contributed by atoms with van der Waals surface area (Å²) in [5, 5.41) is 13.6. The Balaban J connectivity index is 0.000000119. The third-order valence-corrected chi connectivity index (χ3v) is 23.2. The van der Waals surface area contributed by atoms with Gasteiger partial charge in [0.1, 0.15) is 22.8 Å². The van der Waals surface area contributed by atoms with Crippen molar-refractivity contribution in [3.8, 4) is 34.8 Å². The summed E-state index contributed by atoms with van der Waals surface area (Å²) in [5.74, 6) is 5.82. The van der Waals surface area contributed by atoms with Crippen molar-refractivity contribution in [1.82, 2.24) is 96.8 Å². The van der Waals surface area contributed by atoms with Gasteiger partial charge in [-0.15, -0.1) is 0 Å². The second-order valence-electron chi connectivity index (χ2n) is 31.7. The normalized spacial score (nSPS) is 16.1. The Labute approximate surface area is 689 Å². The predicted octanol–water partition coefficient (Wildman–Crippen LogP) is 11.0. The maximum Gasteiger partial charge on any atom is 0.278 e. The molecular formula is C88H93N25O7. The number of benzene rings is 3. The Bertz CT molecular complexity index is 6590. The number of nitrogens with one attached hydrogen (secondary N) is 3. The maximum absolute atomic E-state index is 13.5. The van der Waals surface area contributed by atoms with Gasteiger partial charge in [0.05, 0.1) is 32.8 Å². The molecule has 3 N–H and O–H groups in total. The van der Waals surface area contributed by atoms with Gasteiger partial charge in [0.2, 0.25) is 23.7 Å². The summed E-state index contributed by atoms with van der Waals surface area (Å²) in [7, 11) is 10.5. The summed E-state index contributed by atoms with van der Waals surface area (Å²) < 4.78 is 32.1. The number of ether oxygens (including phenoxy) is 3. The van der Waals surface area contributed by atoms with E-state index in [1.165, 1.54) is 29.5 Å². The average molecular weight is 1610 g/mol. The number of hydrogen-bond donors (Lipinski definition) is 3. The van der Waals surface area contributed by atoms with Crippen LogP contribution in [0.5, 0.6) is 17.4 Å². The number of likely N-dealkylation sites (N-methyl/N-ethyl adjacent to an activating group) is 3. The van der Waals surface area contributed by atoms with Crippen LogP contribution in [0.1, 0.15) is 62.5 Å². The van der Waals surface area contributed by atoms with Gasteiger partial charge in [0.15, 0.2) is 64.1 Å². The van der Waals surface area contributed by atoms with Crippen LogP contribution in [0.2, 0.25) is 0 Å². The van der Waals surface area contributed by atoms with E-state index in [-0.39, 0.29) is 34.7 Å². The highest BCUT2D eigenvalue weighted by atomic mass is 16.5. The lowest BCUT2D eigenvalue weighted by Crippen LogP contribution is -2.40. The van der Waals surface area contributed by atoms with E-state index in [1.807, 2.05) is 66.8 Å². The van der Waals surface area contributed by atoms with Crippen molar-refractivity contribution in [3.05, 3.63) is 219 Å². The zero-order valence-corrected chi connectivity index (χ0v) is 67.7. The summed E-state index contributed by atoms with van der Waals surface area (Å²) >= 11 is 0. The van der Waals surface area contributed by atoms with Gasteiger partial charge in [0.25, 0.3) is 22.6 Å². The van der Waals surface area contributed by atoms with Crippen LogP contribution >= 0.6 is 0 Å². The van der Waals surface area contributed by atoms with Crippen LogP contribution in [0.3, 0.4) is 0 Å². The van der Waals surface area contributed by atoms with E-state index in [4.69, 9.17) is 39.1 Å². The number of rotatable bonds is 12. The van der Waals surface area contributed by atoms with E-state index in [2.05, 4.69) is 179 Å². The third-order valence-electron chi connectivity index (χ3n) is 23.2. The van der Waals surface area contributed by atoms with Gasteiger partial charge >= 0.3 is 0 Å². The van der Waals surface area contributed by atoms with Crippen molar-refractivity contribution in [2.24, 2.45) is 0 Å². The number of anilines is 8. The lowest BCUT2D eigenvalue weighted by Gasteiger charge is -2.35. The molecule has 0 radical (unpaired) electrons. The molecule has 612 valence electrons. The van der Waals surface area contributed by atoms with E-state index >= 15 is 0 Å². The zero-order chi connectivity index (χ0) is 81.7.